The highest BCUT2D eigenvalue weighted by Gasteiger charge is 2.13. The zero-order chi connectivity index (χ0) is 14.7. The first-order chi connectivity index (χ1) is 9.49. The van der Waals surface area contributed by atoms with Crippen LogP contribution in [0, 0.1) is 13.8 Å². The van der Waals surface area contributed by atoms with Crippen LogP contribution in [0.25, 0.3) is 0 Å². The Kier molecular flexibility index (Phi) is 4.24. The molecule has 0 aliphatic carbocycles. The maximum absolute atomic E-state index is 11.9. The summed E-state index contributed by atoms with van der Waals surface area (Å²) in [6, 6.07) is 3.40. The number of carbonyl (C=O) groups is 1. The zero-order valence-corrected chi connectivity index (χ0v) is 12.1. The van der Waals surface area contributed by atoms with Gasteiger partial charge in [0, 0.05) is 11.1 Å². The summed E-state index contributed by atoms with van der Waals surface area (Å²) in [6.45, 7) is 3.54. The number of benzene rings is 1. The predicted octanol–water partition coefficient (Wildman–Crippen LogP) is 2.53. The second-order valence-corrected chi connectivity index (χ2v) is 4.67. The fraction of sp³-hybridized carbons (Fsp3) is 0.308. The molecule has 0 aliphatic heterocycles. The third kappa shape index (κ3) is 3.27. The van der Waals surface area contributed by atoms with Crippen molar-refractivity contribution in [3.05, 3.63) is 34.4 Å². The van der Waals surface area contributed by atoms with E-state index in [4.69, 9.17) is 20.9 Å². The van der Waals surface area contributed by atoms with Gasteiger partial charge in [-0.1, -0.05) is 16.8 Å². The molecule has 20 heavy (non-hydrogen) atoms. The Morgan fingerprint density at radius 3 is 2.80 bits per heavy atom. The first-order valence-corrected chi connectivity index (χ1v) is 6.30. The molecule has 1 heterocycles. The number of methoxy groups -OCH3 is 1. The Balaban J connectivity index is 2.13. The van der Waals surface area contributed by atoms with Gasteiger partial charge in [-0.3, -0.25) is 4.79 Å². The van der Waals surface area contributed by atoms with Crippen LogP contribution < -0.4 is 10.1 Å². The van der Waals surface area contributed by atoms with Crippen LogP contribution >= 0.6 is 11.6 Å². The van der Waals surface area contributed by atoms with Gasteiger partial charge in [-0.15, -0.1) is 0 Å². The topological polar surface area (TPSA) is 77.2 Å². The molecule has 0 spiro atoms. The average Bonchev–Trinajstić information content (AvgIpc) is 2.78. The molecule has 0 saturated heterocycles. The molecule has 1 aromatic heterocycles. The summed E-state index contributed by atoms with van der Waals surface area (Å²) in [5, 5.41) is 6.94. The maximum atomic E-state index is 11.9. The SMILES string of the molecule is COc1cc(Cl)c(C)cc1NC(=O)Cc1nc(C)no1. The van der Waals surface area contributed by atoms with Crippen molar-refractivity contribution in [2.24, 2.45) is 0 Å². The lowest BCUT2D eigenvalue weighted by Gasteiger charge is -2.11. The van der Waals surface area contributed by atoms with Crippen molar-refractivity contribution < 1.29 is 14.1 Å². The summed E-state index contributed by atoms with van der Waals surface area (Å²) in [4.78, 5) is 15.9. The molecular formula is C13H14ClN3O3. The molecule has 1 N–H and O–H groups in total. The van der Waals surface area contributed by atoms with Crippen molar-refractivity contribution in [2.75, 3.05) is 12.4 Å². The van der Waals surface area contributed by atoms with Crippen LogP contribution in [-0.2, 0) is 11.2 Å². The number of anilines is 1. The van der Waals surface area contributed by atoms with E-state index in [-0.39, 0.29) is 18.2 Å². The number of nitrogens with zero attached hydrogens (tertiary/aromatic N) is 2. The molecule has 0 bridgehead atoms. The van der Waals surface area contributed by atoms with Crippen LogP contribution in [0.15, 0.2) is 16.7 Å². The number of carbonyl (C=O) groups excluding carboxylic acids is 1. The average molecular weight is 296 g/mol. The molecule has 2 rings (SSSR count). The summed E-state index contributed by atoms with van der Waals surface area (Å²) in [5.41, 5.74) is 1.40. The minimum atomic E-state index is -0.270. The highest BCUT2D eigenvalue weighted by molar-refractivity contribution is 6.31. The standard InChI is InChI=1S/C13H14ClN3O3/c1-7-4-10(11(19-3)5-9(7)14)16-12(18)6-13-15-8(2)17-20-13/h4-5H,6H2,1-3H3,(H,16,18). The van der Waals surface area contributed by atoms with Gasteiger partial charge in [-0.25, -0.2) is 0 Å². The lowest BCUT2D eigenvalue weighted by atomic mass is 10.2. The van der Waals surface area contributed by atoms with Crippen LogP contribution in [0.5, 0.6) is 5.75 Å². The van der Waals surface area contributed by atoms with E-state index in [1.807, 2.05) is 6.92 Å². The second-order valence-electron chi connectivity index (χ2n) is 4.26. The van der Waals surface area contributed by atoms with Gasteiger partial charge in [0.2, 0.25) is 11.8 Å². The van der Waals surface area contributed by atoms with Crippen molar-refractivity contribution in [3.63, 3.8) is 0 Å². The lowest BCUT2D eigenvalue weighted by Crippen LogP contribution is -2.15. The largest absolute Gasteiger partial charge is 0.495 e. The summed E-state index contributed by atoms with van der Waals surface area (Å²) in [6.07, 6.45) is 0.00562. The number of aryl methyl sites for hydroxylation is 2. The minimum Gasteiger partial charge on any atom is -0.495 e. The van der Waals surface area contributed by atoms with E-state index < -0.39 is 0 Å². The van der Waals surface area contributed by atoms with E-state index in [1.54, 1.807) is 19.1 Å². The molecular weight excluding hydrogens is 282 g/mol. The first-order valence-electron chi connectivity index (χ1n) is 5.92. The van der Waals surface area contributed by atoms with Crippen LogP contribution in [0.1, 0.15) is 17.3 Å². The van der Waals surface area contributed by atoms with Crippen LogP contribution in [0.2, 0.25) is 5.02 Å². The molecule has 0 aliphatic rings. The number of nitrogens with one attached hydrogen (secondary N) is 1. The van der Waals surface area contributed by atoms with Gasteiger partial charge in [-0.2, -0.15) is 4.98 Å². The number of amides is 1. The molecule has 1 aromatic carbocycles. The number of hydrogen-bond donors (Lipinski definition) is 1. The predicted molar refractivity (Wildman–Crippen MR) is 74.1 cm³/mol. The third-order valence-electron chi connectivity index (χ3n) is 2.64. The quantitative estimate of drug-likeness (QED) is 0.938. The molecule has 0 unspecified atom stereocenters. The van der Waals surface area contributed by atoms with Crippen LogP contribution in [-0.4, -0.2) is 23.2 Å². The monoisotopic (exact) mass is 295 g/mol. The van der Waals surface area contributed by atoms with Gasteiger partial charge in [0.05, 0.1) is 12.8 Å². The number of hydrogen-bond acceptors (Lipinski definition) is 5. The fourth-order valence-corrected chi connectivity index (χ4v) is 1.83. The number of ether oxygens (including phenoxy) is 1. The molecule has 106 valence electrons. The van der Waals surface area contributed by atoms with Crippen molar-refractivity contribution in [1.82, 2.24) is 10.1 Å². The summed E-state index contributed by atoms with van der Waals surface area (Å²) in [5.74, 6) is 0.988. The van der Waals surface area contributed by atoms with Crippen molar-refractivity contribution in [3.8, 4) is 5.75 Å². The number of rotatable bonds is 4. The summed E-state index contributed by atoms with van der Waals surface area (Å²) in [7, 11) is 1.51. The van der Waals surface area contributed by atoms with E-state index >= 15 is 0 Å². The number of halogens is 1. The normalized spacial score (nSPS) is 10.4. The van der Waals surface area contributed by atoms with Gasteiger partial charge < -0.3 is 14.6 Å². The van der Waals surface area contributed by atoms with Gasteiger partial charge in [0.1, 0.15) is 12.2 Å². The molecule has 1 amide bonds. The Bertz CT molecular complexity index is 640. The molecule has 6 nitrogen and oxygen atoms in total. The lowest BCUT2D eigenvalue weighted by molar-refractivity contribution is -0.115. The summed E-state index contributed by atoms with van der Waals surface area (Å²) < 4.78 is 10.1. The van der Waals surface area contributed by atoms with E-state index in [0.29, 0.717) is 22.3 Å². The Hall–Kier alpha value is -2.08. The van der Waals surface area contributed by atoms with E-state index in [0.717, 1.165) is 5.56 Å². The summed E-state index contributed by atoms with van der Waals surface area (Å²) >= 11 is 6.01. The minimum absolute atomic E-state index is 0.00562. The molecule has 7 heteroatoms. The molecule has 0 saturated carbocycles. The fourth-order valence-electron chi connectivity index (χ4n) is 1.67. The van der Waals surface area contributed by atoms with Gasteiger partial charge in [-0.05, 0) is 25.5 Å². The van der Waals surface area contributed by atoms with Gasteiger partial charge >= 0.3 is 0 Å². The first kappa shape index (κ1) is 14.3. The van der Waals surface area contributed by atoms with Gasteiger partial charge in [0.15, 0.2) is 5.82 Å². The third-order valence-corrected chi connectivity index (χ3v) is 3.04. The smallest absolute Gasteiger partial charge is 0.236 e. The van der Waals surface area contributed by atoms with Crippen LogP contribution in [0.4, 0.5) is 5.69 Å². The molecule has 0 atom stereocenters. The van der Waals surface area contributed by atoms with Crippen molar-refractivity contribution in [2.45, 2.75) is 20.3 Å². The number of aromatic nitrogens is 2. The molecule has 0 fully saturated rings. The zero-order valence-electron chi connectivity index (χ0n) is 11.4. The van der Waals surface area contributed by atoms with E-state index in [9.17, 15) is 4.79 Å². The van der Waals surface area contributed by atoms with Gasteiger partial charge in [0.25, 0.3) is 0 Å². The highest BCUT2D eigenvalue weighted by Crippen LogP contribution is 2.30. The van der Waals surface area contributed by atoms with E-state index in [1.165, 1.54) is 7.11 Å². The van der Waals surface area contributed by atoms with Crippen LogP contribution in [0.3, 0.4) is 0 Å². The Labute approximate surface area is 121 Å². The van der Waals surface area contributed by atoms with Crippen molar-refractivity contribution in [1.29, 1.82) is 0 Å². The van der Waals surface area contributed by atoms with E-state index in [2.05, 4.69) is 15.5 Å². The maximum Gasteiger partial charge on any atom is 0.236 e. The Morgan fingerprint density at radius 1 is 1.45 bits per heavy atom. The second kappa shape index (κ2) is 5.92. The molecule has 2 aromatic rings. The Morgan fingerprint density at radius 2 is 2.20 bits per heavy atom. The highest BCUT2D eigenvalue weighted by atomic mass is 35.5. The molecule has 0 radical (unpaired) electrons. The van der Waals surface area contributed by atoms with Crippen molar-refractivity contribution >= 4 is 23.2 Å².